The van der Waals surface area contributed by atoms with Crippen LogP contribution in [0.15, 0.2) is 18.2 Å². The molecule has 1 atom stereocenters. The van der Waals surface area contributed by atoms with Crippen molar-refractivity contribution in [3.8, 4) is 0 Å². The third kappa shape index (κ3) is 6.16. The van der Waals surface area contributed by atoms with Gasteiger partial charge in [-0.05, 0) is 50.2 Å². The number of aryl methyl sites for hydroxylation is 1. The molecule has 2 aliphatic heterocycles. The minimum Gasteiger partial charge on any atom is -0.450 e. The number of imide groups is 2. The number of hydrogen-bond acceptors (Lipinski definition) is 7. The molecule has 1 aromatic carbocycles. The quantitative estimate of drug-likeness (QED) is 0.357. The summed E-state index contributed by atoms with van der Waals surface area (Å²) in [6, 6.07) is 4.17. The maximum Gasteiger partial charge on any atom is 0.404 e. The van der Waals surface area contributed by atoms with Crippen LogP contribution in [0, 0.1) is 0 Å². The van der Waals surface area contributed by atoms with Crippen LogP contribution < -0.4 is 11.1 Å². The molecule has 3 rings (SSSR count). The monoisotopic (exact) mass is 459 g/mol. The fraction of sp³-hybridized carbons (Fsp3) is 0.522. The summed E-state index contributed by atoms with van der Waals surface area (Å²) in [5.41, 5.74) is 6.27. The molecule has 0 bridgehead atoms. The summed E-state index contributed by atoms with van der Waals surface area (Å²) < 4.78 is 10.3. The van der Waals surface area contributed by atoms with Gasteiger partial charge < -0.3 is 15.2 Å². The number of hydrogen-bond donors (Lipinski definition) is 2. The molecule has 5 amide bonds. The molecular weight excluding hydrogens is 430 g/mol. The van der Waals surface area contributed by atoms with E-state index in [1.807, 2.05) is 6.07 Å². The molecule has 33 heavy (non-hydrogen) atoms. The number of amides is 5. The first-order valence-corrected chi connectivity index (χ1v) is 11.2. The van der Waals surface area contributed by atoms with Crippen molar-refractivity contribution in [2.45, 2.75) is 57.4 Å². The van der Waals surface area contributed by atoms with Gasteiger partial charge in [0, 0.05) is 19.6 Å². The Balaban J connectivity index is 1.44. The van der Waals surface area contributed by atoms with Gasteiger partial charge in [0.05, 0.1) is 17.7 Å². The summed E-state index contributed by atoms with van der Waals surface area (Å²) in [6.45, 7) is 1.47. The van der Waals surface area contributed by atoms with Gasteiger partial charge in [-0.15, -0.1) is 0 Å². The lowest BCUT2D eigenvalue weighted by Gasteiger charge is -2.27. The Morgan fingerprint density at radius 3 is 2.45 bits per heavy atom. The van der Waals surface area contributed by atoms with Crippen LogP contribution in [0.2, 0.25) is 0 Å². The van der Waals surface area contributed by atoms with E-state index >= 15 is 0 Å². The minimum atomic E-state index is -0.964. The molecular formula is C23H29N3O7. The Bertz CT molecular complexity index is 931. The predicted molar refractivity (Wildman–Crippen MR) is 116 cm³/mol. The molecule has 0 aromatic heterocycles. The molecule has 0 saturated carbocycles. The van der Waals surface area contributed by atoms with Crippen LogP contribution in [0.5, 0.6) is 0 Å². The standard InChI is InChI=1S/C23H29N3O7/c24-23(31)33-14-4-2-1-3-12-32-13-6-8-15-7-5-9-16-19(15)22(30)26(21(16)29)17-10-11-18(27)25-20(17)28/h5,7,9,17H,1-4,6,8,10-14H2,(H2,24,31)(H,25,27,28). The molecule has 178 valence electrons. The lowest BCUT2D eigenvalue weighted by atomic mass is 9.99. The van der Waals surface area contributed by atoms with Crippen molar-refractivity contribution < 1.29 is 33.4 Å². The normalized spacial score (nSPS) is 17.8. The van der Waals surface area contributed by atoms with Gasteiger partial charge in [0.2, 0.25) is 11.8 Å². The zero-order valence-electron chi connectivity index (χ0n) is 18.5. The Morgan fingerprint density at radius 1 is 1.00 bits per heavy atom. The molecule has 1 saturated heterocycles. The molecule has 0 radical (unpaired) electrons. The number of benzene rings is 1. The smallest absolute Gasteiger partial charge is 0.404 e. The van der Waals surface area contributed by atoms with Gasteiger partial charge in [0.25, 0.3) is 11.8 Å². The van der Waals surface area contributed by atoms with Gasteiger partial charge in [-0.3, -0.25) is 29.4 Å². The molecule has 10 heteroatoms. The summed E-state index contributed by atoms with van der Waals surface area (Å²) in [6.07, 6.45) is 4.27. The number of carbonyl (C=O) groups is 5. The molecule has 2 aliphatic rings. The van der Waals surface area contributed by atoms with Gasteiger partial charge in [-0.1, -0.05) is 18.6 Å². The van der Waals surface area contributed by atoms with Crippen LogP contribution in [0.1, 0.15) is 71.2 Å². The highest BCUT2D eigenvalue weighted by atomic mass is 16.5. The largest absolute Gasteiger partial charge is 0.450 e. The van der Waals surface area contributed by atoms with Crippen molar-refractivity contribution in [1.82, 2.24) is 10.2 Å². The lowest BCUT2D eigenvalue weighted by Crippen LogP contribution is -2.54. The maximum atomic E-state index is 13.0. The van der Waals surface area contributed by atoms with Crippen molar-refractivity contribution >= 4 is 29.7 Å². The number of primary amides is 1. The highest BCUT2D eigenvalue weighted by Crippen LogP contribution is 2.30. The number of nitrogens with one attached hydrogen (secondary N) is 1. The van der Waals surface area contributed by atoms with E-state index in [4.69, 9.17) is 10.5 Å². The molecule has 0 spiro atoms. The van der Waals surface area contributed by atoms with Crippen molar-refractivity contribution in [3.63, 3.8) is 0 Å². The molecule has 0 aliphatic carbocycles. The number of nitrogens with zero attached hydrogens (tertiary/aromatic N) is 1. The second kappa shape index (κ2) is 11.6. The van der Waals surface area contributed by atoms with Crippen molar-refractivity contribution in [2.24, 2.45) is 5.73 Å². The summed E-state index contributed by atoms with van der Waals surface area (Å²) in [5, 5.41) is 2.20. The van der Waals surface area contributed by atoms with E-state index in [0.717, 1.165) is 36.1 Å². The van der Waals surface area contributed by atoms with E-state index in [1.54, 1.807) is 12.1 Å². The molecule has 10 nitrogen and oxygen atoms in total. The van der Waals surface area contributed by atoms with Crippen LogP contribution in [0.3, 0.4) is 0 Å². The topological polar surface area (TPSA) is 145 Å². The Morgan fingerprint density at radius 2 is 1.73 bits per heavy atom. The van der Waals surface area contributed by atoms with Gasteiger partial charge in [0.1, 0.15) is 6.04 Å². The highest BCUT2D eigenvalue weighted by Gasteiger charge is 2.45. The van der Waals surface area contributed by atoms with Gasteiger partial charge in [0.15, 0.2) is 0 Å². The highest BCUT2D eigenvalue weighted by molar-refractivity contribution is 6.24. The van der Waals surface area contributed by atoms with E-state index in [1.165, 1.54) is 0 Å². The fourth-order valence-corrected chi connectivity index (χ4v) is 4.09. The Hall–Kier alpha value is -3.27. The van der Waals surface area contributed by atoms with E-state index in [9.17, 15) is 24.0 Å². The Labute approximate surface area is 191 Å². The van der Waals surface area contributed by atoms with Crippen LogP contribution in [0.4, 0.5) is 4.79 Å². The van der Waals surface area contributed by atoms with Crippen molar-refractivity contribution in [3.05, 3.63) is 34.9 Å². The average molecular weight is 459 g/mol. The molecule has 1 fully saturated rings. The van der Waals surface area contributed by atoms with Crippen molar-refractivity contribution in [1.29, 1.82) is 0 Å². The number of unbranched alkanes of at least 4 members (excludes halogenated alkanes) is 3. The van der Waals surface area contributed by atoms with Gasteiger partial charge in [-0.2, -0.15) is 0 Å². The molecule has 2 heterocycles. The first-order valence-electron chi connectivity index (χ1n) is 11.2. The van der Waals surface area contributed by atoms with Crippen LogP contribution in [0.25, 0.3) is 0 Å². The third-order valence-corrected chi connectivity index (χ3v) is 5.72. The summed E-state index contributed by atoms with van der Waals surface area (Å²) in [4.78, 5) is 61.0. The van der Waals surface area contributed by atoms with Gasteiger partial charge in [-0.25, -0.2) is 4.79 Å². The van der Waals surface area contributed by atoms with Crippen LogP contribution in [-0.4, -0.2) is 60.5 Å². The second-order valence-corrected chi connectivity index (χ2v) is 8.08. The zero-order valence-corrected chi connectivity index (χ0v) is 18.5. The van der Waals surface area contributed by atoms with Gasteiger partial charge >= 0.3 is 6.09 Å². The van der Waals surface area contributed by atoms with Crippen LogP contribution in [-0.2, 0) is 25.5 Å². The zero-order chi connectivity index (χ0) is 23.8. The SMILES string of the molecule is NC(=O)OCCCCCCOCCCc1cccc2c1C(=O)N(C1CCC(=O)NC1=O)C2=O. The number of nitrogens with two attached hydrogens (primary N) is 1. The molecule has 1 unspecified atom stereocenters. The fourth-order valence-electron chi connectivity index (χ4n) is 4.09. The number of carbonyl (C=O) groups excluding carboxylic acids is 5. The first-order chi connectivity index (χ1) is 15.9. The average Bonchev–Trinajstić information content (AvgIpc) is 3.03. The predicted octanol–water partition coefficient (Wildman–Crippen LogP) is 1.69. The van der Waals surface area contributed by atoms with Crippen LogP contribution >= 0.6 is 0 Å². The summed E-state index contributed by atoms with van der Waals surface area (Å²) in [5.74, 6) is -1.99. The maximum absolute atomic E-state index is 13.0. The van der Waals surface area contributed by atoms with E-state index in [2.05, 4.69) is 10.1 Å². The summed E-state index contributed by atoms with van der Waals surface area (Å²) >= 11 is 0. The molecule has 1 aromatic rings. The number of ether oxygens (including phenoxy) is 2. The number of fused-ring (bicyclic) bond motifs is 1. The minimum absolute atomic E-state index is 0.0924. The lowest BCUT2D eigenvalue weighted by molar-refractivity contribution is -0.136. The van der Waals surface area contributed by atoms with E-state index in [-0.39, 0.29) is 12.8 Å². The van der Waals surface area contributed by atoms with Crippen molar-refractivity contribution in [2.75, 3.05) is 19.8 Å². The number of piperidine rings is 1. The van der Waals surface area contributed by atoms with E-state index in [0.29, 0.717) is 43.8 Å². The number of rotatable bonds is 12. The summed E-state index contributed by atoms with van der Waals surface area (Å²) in [7, 11) is 0. The Kier molecular flexibility index (Phi) is 8.53. The molecule has 3 N–H and O–H groups in total. The second-order valence-electron chi connectivity index (χ2n) is 8.08. The van der Waals surface area contributed by atoms with E-state index < -0.39 is 35.8 Å². The third-order valence-electron chi connectivity index (χ3n) is 5.72. The first kappa shape index (κ1) is 24.4.